The van der Waals surface area contributed by atoms with Crippen LogP contribution in [0.15, 0.2) is 30.6 Å². The van der Waals surface area contributed by atoms with Crippen molar-refractivity contribution in [2.24, 2.45) is 0 Å². The van der Waals surface area contributed by atoms with Crippen LogP contribution in [0.25, 0.3) is 16.9 Å². The first-order valence-corrected chi connectivity index (χ1v) is 7.66. The number of hydrogen-bond donors (Lipinski definition) is 1. The molecule has 8 nitrogen and oxygen atoms in total. The van der Waals surface area contributed by atoms with Crippen molar-refractivity contribution >= 4 is 22.7 Å². The first-order valence-electron chi connectivity index (χ1n) is 7.66. The third-order valence-corrected chi connectivity index (χ3v) is 3.89. The van der Waals surface area contributed by atoms with E-state index in [1.807, 2.05) is 0 Å². The molecular weight excluding hydrogens is 353 g/mol. The van der Waals surface area contributed by atoms with Crippen molar-refractivity contribution in [1.82, 2.24) is 19.5 Å². The molecule has 11 heteroatoms. The van der Waals surface area contributed by atoms with Crippen LogP contribution in [0.2, 0.25) is 0 Å². The van der Waals surface area contributed by atoms with E-state index in [0.717, 1.165) is 12.8 Å². The average molecular weight is 364 g/mol. The maximum Gasteiger partial charge on any atom is 0.451 e. The fourth-order valence-electron chi connectivity index (χ4n) is 2.49. The van der Waals surface area contributed by atoms with Gasteiger partial charge in [0.2, 0.25) is 5.82 Å². The van der Waals surface area contributed by atoms with Gasteiger partial charge in [-0.05, 0) is 18.9 Å². The summed E-state index contributed by atoms with van der Waals surface area (Å²) in [5.74, 6) is -1.28. The predicted octanol–water partition coefficient (Wildman–Crippen LogP) is 3.32. The van der Waals surface area contributed by atoms with Crippen LogP contribution in [0.1, 0.15) is 18.7 Å². The molecule has 1 aromatic carbocycles. The molecule has 0 aliphatic heterocycles. The number of aromatic nitrogens is 4. The Labute approximate surface area is 143 Å². The molecule has 0 spiro atoms. The fourth-order valence-corrected chi connectivity index (χ4v) is 2.49. The molecule has 3 aromatic rings. The van der Waals surface area contributed by atoms with Crippen LogP contribution in [0.4, 0.5) is 24.7 Å². The Bertz CT molecular complexity index is 1010. The van der Waals surface area contributed by atoms with Crippen molar-refractivity contribution < 1.29 is 18.1 Å². The van der Waals surface area contributed by atoms with E-state index >= 15 is 0 Å². The van der Waals surface area contributed by atoms with Gasteiger partial charge in [0.1, 0.15) is 6.33 Å². The van der Waals surface area contributed by atoms with Crippen molar-refractivity contribution in [3.63, 3.8) is 0 Å². The summed E-state index contributed by atoms with van der Waals surface area (Å²) in [5, 5.41) is 13.9. The van der Waals surface area contributed by atoms with Gasteiger partial charge in [-0.25, -0.2) is 15.0 Å². The molecule has 0 bridgehead atoms. The van der Waals surface area contributed by atoms with Crippen molar-refractivity contribution in [2.75, 3.05) is 5.32 Å². The highest BCUT2D eigenvalue weighted by Gasteiger charge is 2.37. The zero-order valence-corrected chi connectivity index (χ0v) is 13.1. The van der Waals surface area contributed by atoms with E-state index in [2.05, 4.69) is 20.3 Å². The molecule has 1 saturated carbocycles. The minimum Gasteiger partial charge on any atom is -0.365 e. The Morgan fingerprint density at radius 3 is 2.69 bits per heavy atom. The van der Waals surface area contributed by atoms with E-state index in [1.54, 1.807) is 0 Å². The van der Waals surface area contributed by atoms with Gasteiger partial charge in [-0.2, -0.15) is 13.2 Å². The van der Waals surface area contributed by atoms with Gasteiger partial charge in [0, 0.05) is 18.2 Å². The second-order valence-corrected chi connectivity index (χ2v) is 5.88. The van der Waals surface area contributed by atoms with E-state index in [-0.39, 0.29) is 34.4 Å². The van der Waals surface area contributed by atoms with Crippen LogP contribution in [0, 0.1) is 10.1 Å². The number of non-ortho nitro benzene ring substituents is 1. The molecule has 134 valence electrons. The lowest BCUT2D eigenvalue weighted by Crippen LogP contribution is -2.15. The molecule has 1 aliphatic carbocycles. The number of rotatable bonds is 4. The van der Waals surface area contributed by atoms with Crippen LogP contribution in [0.5, 0.6) is 0 Å². The van der Waals surface area contributed by atoms with E-state index < -0.39 is 16.9 Å². The number of benzene rings is 1. The van der Waals surface area contributed by atoms with E-state index in [1.165, 1.54) is 35.2 Å². The SMILES string of the molecule is O=[N+]([O-])c1cccc(-n2cnc3c(NC4CC4)nc(C(F)(F)F)nc32)c1. The first-order chi connectivity index (χ1) is 12.3. The molecule has 1 aliphatic rings. The number of nitrogens with one attached hydrogen (secondary N) is 1. The number of alkyl halides is 3. The van der Waals surface area contributed by atoms with Gasteiger partial charge in [0.25, 0.3) is 5.69 Å². The molecule has 4 rings (SSSR count). The second kappa shape index (κ2) is 5.64. The molecule has 1 fully saturated rings. The highest BCUT2D eigenvalue weighted by Crippen LogP contribution is 2.33. The third-order valence-electron chi connectivity index (χ3n) is 3.89. The minimum atomic E-state index is -4.73. The van der Waals surface area contributed by atoms with Crippen molar-refractivity contribution in [3.05, 3.63) is 46.5 Å². The lowest BCUT2D eigenvalue weighted by molar-refractivity contribution is -0.384. The van der Waals surface area contributed by atoms with Crippen LogP contribution >= 0.6 is 0 Å². The van der Waals surface area contributed by atoms with Crippen LogP contribution < -0.4 is 5.32 Å². The monoisotopic (exact) mass is 364 g/mol. The highest BCUT2D eigenvalue weighted by atomic mass is 19.4. The summed E-state index contributed by atoms with van der Waals surface area (Å²) in [6.07, 6.45) is -1.76. The Hall–Kier alpha value is -3.24. The molecular formula is C15H11F3N6O2. The number of anilines is 1. The molecule has 0 atom stereocenters. The van der Waals surface area contributed by atoms with Crippen molar-refractivity contribution in [3.8, 4) is 5.69 Å². The lowest BCUT2D eigenvalue weighted by atomic mass is 10.3. The quantitative estimate of drug-likeness (QED) is 0.563. The molecule has 1 N–H and O–H groups in total. The molecule has 0 amide bonds. The molecule has 26 heavy (non-hydrogen) atoms. The van der Waals surface area contributed by atoms with Crippen molar-refractivity contribution in [1.29, 1.82) is 0 Å². The maximum atomic E-state index is 13.2. The van der Waals surface area contributed by atoms with Gasteiger partial charge in [0.15, 0.2) is 17.0 Å². The van der Waals surface area contributed by atoms with Gasteiger partial charge in [-0.1, -0.05) is 6.07 Å². The van der Waals surface area contributed by atoms with E-state index in [9.17, 15) is 23.3 Å². The number of fused-ring (bicyclic) bond motifs is 1. The normalized spacial score (nSPS) is 14.6. The fraction of sp³-hybridized carbons (Fsp3) is 0.267. The number of nitro benzene ring substituents is 1. The Morgan fingerprint density at radius 1 is 1.27 bits per heavy atom. The Balaban J connectivity index is 1.91. The largest absolute Gasteiger partial charge is 0.451 e. The smallest absolute Gasteiger partial charge is 0.365 e. The van der Waals surface area contributed by atoms with Gasteiger partial charge < -0.3 is 5.32 Å². The molecule has 2 heterocycles. The maximum absolute atomic E-state index is 13.2. The topological polar surface area (TPSA) is 98.8 Å². The third kappa shape index (κ3) is 2.91. The first kappa shape index (κ1) is 16.2. The van der Waals surface area contributed by atoms with Gasteiger partial charge in [0.05, 0.1) is 10.6 Å². The summed E-state index contributed by atoms with van der Waals surface area (Å²) in [6.45, 7) is 0. The zero-order chi connectivity index (χ0) is 18.5. The van der Waals surface area contributed by atoms with Gasteiger partial charge >= 0.3 is 6.18 Å². The van der Waals surface area contributed by atoms with Gasteiger partial charge in [-0.3, -0.25) is 14.7 Å². The Kier molecular flexibility index (Phi) is 3.53. The van der Waals surface area contributed by atoms with Crippen molar-refractivity contribution in [2.45, 2.75) is 25.1 Å². The molecule has 0 unspecified atom stereocenters. The summed E-state index contributed by atoms with van der Waals surface area (Å²) >= 11 is 0. The number of hydrogen-bond acceptors (Lipinski definition) is 6. The minimum absolute atomic E-state index is 0.00834. The van der Waals surface area contributed by atoms with Crippen LogP contribution in [-0.2, 0) is 6.18 Å². The molecule has 0 saturated heterocycles. The summed E-state index contributed by atoms with van der Waals surface area (Å²) in [6, 6.07) is 5.56. The standard InChI is InChI=1S/C15H11F3N6O2/c16-15(17,18)14-21-12(20-8-4-5-8)11-13(22-14)23(7-19-11)9-2-1-3-10(6-9)24(25)26/h1-3,6-8H,4-5H2,(H,20,21,22). The van der Waals surface area contributed by atoms with E-state index in [4.69, 9.17) is 0 Å². The molecule has 0 radical (unpaired) electrons. The summed E-state index contributed by atoms with van der Waals surface area (Å²) in [5.41, 5.74) is 0.198. The summed E-state index contributed by atoms with van der Waals surface area (Å²) in [4.78, 5) is 21.7. The number of imidazole rings is 1. The summed E-state index contributed by atoms with van der Waals surface area (Å²) in [7, 11) is 0. The molecule has 2 aromatic heterocycles. The van der Waals surface area contributed by atoms with Gasteiger partial charge in [-0.15, -0.1) is 0 Å². The second-order valence-electron chi connectivity index (χ2n) is 5.88. The average Bonchev–Trinajstić information content (AvgIpc) is 3.29. The Morgan fingerprint density at radius 2 is 2.04 bits per heavy atom. The highest BCUT2D eigenvalue weighted by molar-refractivity contribution is 5.84. The summed E-state index contributed by atoms with van der Waals surface area (Å²) < 4.78 is 40.8. The van der Waals surface area contributed by atoms with Crippen LogP contribution in [-0.4, -0.2) is 30.5 Å². The van der Waals surface area contributed by atoms with E-state index in [0.29, 0.717) is 0 Å². The van der Waals surface area contributed by atoms with Crippen LogP contribution in [0.3, 0.4) is 0 Å². The zero-order valence-electron chi connectivity index (χ0n) is 13.1. The number of nitrogens with zero attached hydrogens (tertiary/aromatic N) is 5. The predicted molar refractivity (Wildman–Crippen MR) is 85.0 cm³/mol. The number of halogens is 3. The lowest BCUT2D eigenvalue weighted by Gasteiger charge is -2.10. The number of nitro groups is 1.